The smallest absolute Gasteiger partial charge is 0.153 e. The predicted molar refractivity (Wildman–Crippen MR) is 66.4 cm³/mol. The van der Waals surface area contributed by atoms with Crippen molar-refractivity contribution in [3.8, 4) is 5.75 Å². The largest absolute Gasteiger partial charge is 0.495 e. The number of methoxy groups -OCH3 is 1. The Morgan fingerprint density at radius 3 is 2.81 bits per heavy atom. The molecule has 3 nitrogen and oxygen atoms in total. The van der Waals surface area contributed by atoms with E-state index in [-0.39, 0.29) is 5.15 Å². The van der Waals surface area contributed by atoms with Gasteiger partial charge in [-0.2, -0.15) is 0 Å². The van der Waals surface area contributed by atoms with Gasteiger partial charge in [-0.05, 0) is 28.1 Å². The summed E-state index contributed by atoms with van der Waals surface area (Å²) in [5.41, 5.74) is 1.07. The lowest BCUT2D eigenvalue weighted by atomic mass is 10.1. The number of hydrogen-bond donors (Lipinski definition) is 0. The normalized spacial score (nSPS) is 10.4. The summed E-state index contributed by atoms with van der Waals surface area (Å²) >= 11 is 9.21. The molecule has 0 radical (unpaired) electrons. The highest BCUT2D eigenvalue weighted by molar-refractivity contribution is 9.10. The van der Waals surface area contributed by atoms with E-state index in [1.807, 2.05) is 6.07 Å². The van der Waals surface area contributed by atoms with E-state index < -0.39 is 0 Å². The number of aldehydes is 1. The first-order chi connectivity index (χ1) is 7.65. The number of hydrogen-bond acceptors (Lipinski definition) is 3. The second-order valence-corrected chi connectivity index (χ2v) is 4.38. The Morgan fingerprint density at radius 1 is 1.44 bits per heavy atom. The molecule has 1 heterocycles. The second kappa shape index (κ2) is 4.39. The first-order valence-corrected chi connectivity index (χ1v) is 5.61. The molecule has 0 amide bonds. The zero-order valence-corrected chi connectivity index (χ0v) is 10.7. The van der Waals surface area contributed by atoms with Crippen LogP contribution in [0.25, 0.3) is 10.9 Å². The lowest BCUT2D eigenvalue weighted by Crippen LogP contribution is -1.90. The van der Waals surface area contributed by atoms with Crippen molar-refractivity contribution in [2.24, 2.45) is 0 Å². The van der Waals surface area contributed by atoms with Gasteiger partial charge in [-0.1, -0.05) is 11.6 Å². The Bertz CT molecular complexity index is 571. The topological polar surface area (TPSA) is 39.2 Å². The number of carbonyl (C=O) groups is 1. The molecule has 0 aliphatic heterocycles. The maximum atomic E-state index is 10.7. The summed E-state index contributed by atoms with van der Waals surface area (Å²) in [5, 5.41) is 1.03. The van der Waals surface area contributed by atoms with Crippen molar-refractivity contribution in [2.75, 3.05) is 7.11 Å². The monoisotopic (exact) mass is 299 g/mol. The van der Waals surface area contributed by atoms with Gasteiger partial charge < -0.3 is 4.74 Å². The standard InChI is InChI=1S/C11H7BrClNO2/c1-16-10-4-9-6(3-8(10)12)2-7(5-15)11(13)14-9/h2-5H,1H3. The minimum absolute atomic E-state index is 0.201. The van der Waals surface area contributed by atoms with Gasteiger partial charge in [0.25, 0.3) is 0 Å². The van der Waals surface area contributed by atoms with Crippen molar-refractivity contribution in [1.29, 1.82) is 0 Å². The summed E-state index contributed by atoms with van der Waals surface area (Å²) in [4.78, 5) is 14.8. The third-order valence-electron chi connectivity index (χ3n) is 2.20. The molecule has 0 saturated heterocycles. The lowest BCUT2D eigenvalue weighted by molar-refractivity contribution is 0.112. The van der Waals surface area contributed by atoms with Crippen LogP contribution in [0.3, 0.4) is 0 Å². The minimum atomic E-state index is 0.201. The molecule has 1 aromatic heterocycles. The SMILES string of the molecule is COc1cc2nc(Cl)c(C=O)cc2cc1Br. The van der Waals surface area contributed by atoms with Crippen LogP contribution in [0.15, 0.2) is 22.7 Å². The van der Waals surface area contributed by atoms with Gasteiger partial charge in [-0.15, -0.1) is 0 Å². The number of ether oxygens (including phenoxy) is 1. The fourth-order valence-corrected chi connectivity index (χ4v) is 2.12. The van der Waals surface area contributed by atoms with Gasteiger partial charge in [0.2, 0.25) is 0 Å². The summed E-state index contributed by atoms with van der Waals surface area (Å²) in [7, 11) is 1.58. The van der Waals surface area contributed by atoms with Crippen LogP contribution in [0.1, 0.15) is 10.4 Å². The Morgan fingerprint density at radius 2 is 2.19 bits per heavy atom. The molecule has 0 unspecified atom stereocenters. The fourth-order valence-electron chi connectivity index (χ4n) is 1.41. The highest BCUT2D eigenvalue weighted by atomic mass is 79.9. The molecule has 82 valence electrons. The molecule has 16 heavy (non-hydrogen) atoms. The van der Waals surface area contributed by atoms with E-state index in [0.29, 0.717) is 23.1 Å². The lowest BCUT2D eigenvalue weighted by Gasteiger charge is -2.06. The Kier molecular flexibility index (Phi) is 3.12. The second-order valence-electron chi connectivity index (χ2n) is 3.17. The number of pyridine rings is 1. The molecule has 1 aromatic carbocycles. The molecule has 0 fully saturated rings. The number of halogens is 2. The van der Waals surface area contributed by atoms with Crippen LogP contribution < -0.4 is 4.74 Å². The molecule has 2 rings (SSSR count). The number of fused-ring (bicyclic) bond motifs is 1. The van der Waals surface area contributed by atoms with Gasteiger partial charge in [0.15, 0.2) is 6.29 Å². The first-order valence-electron chi connectivity index (χ1n) is 4.44. The van der Waals surface area contributed by atoms with Crippen molar-refractivity contribution >= 4 is 44.7 Å². The van der Waals surface area contributed by atoms with Crippen LogP contribution in [-0.2, 0) is 0 Å². The summed E-state index contributed by atoms with van der Waals surface area (Å²) in [6, 6.07) is 5.30. The van der Waals surface area contributed by atoms with Crippen LogP contribution in [0.5, 0.6) is 5.75 Å². The van der Waals surface area contributed by atoms with Crippen molar-refractivity contribution in [3.05, 3.63) is 33.4 Å². The van der Waals surface area contributed by atoms with Crippen molar-refractivity contribution < 1.29 is 9.53 Å². The van der Waals surface area contributed by atoms with Crippen LogP contribution in [0.4, 0.5) is 0 Å². The molecular weight excluding hydrogens is 293 g/mol. The van der Waals surface area contributed by atoms with Crippen molar-refractivity contribution in [2.45, 2.75) is 0 Å². The van der Waals surface area contributed by atoms with Gasteiger partial charge in [-0.3, -0.25) is 4.79 Å². The third kappa shape index (κ3) is 1.90. The van der Waals surface area contributed by atoms with Crippen LogP contribution >= 0.6 is 27.5 Å². The number of aromatic nitrogens is 1. The Labute approximate surface area is 106 Å². The molecule has 0 spiro atoms. The third-order valence-corrected chi connectivity index (χ3v) is 3.12. The minimum Gasteiger partial charge on any atom is -0.495 e. The quantitative estimate of drug-likeness (QED) is 0.630. The Balaban J connectivity index is 2.76. The van der Waals surface area contributed by atoms with E-state index in [9.17, 15) is 4.79 Å². The molecule has 0 N–H and O–H groups in total. The number of carbonyl (C=O) groups excluding carboxylic acids is 1. The summed E-state index contributed by atoms with van der Waals surface area (Å²) in [6.07, 6.45) is 0.687. The molecule has 5 heteroatoms. The van der Waals surface area contributed by atoms with Gasteiger partial charge in [0.1, 0.15) is 10.9 Å². The number of nitrogens with zero attached hydrogens (tertiary/aromatic N) is 1. The van der Waals surface area contributed by atoms with Gasteiger partial charge in [-0.25, -0.2) is 4.98 Å². The van der Waals surface area contributed by atoms with Gasteiger partial charge in [0, 0.05) is 11.5 Å². The zero-order chi connectivity index (χ0) is 11.7. The zero-order valence-electron chi connectivity index (χ0n) is 8.33. The van der Waals surface area contributed by atoms with Gasteiger partial charge >= 0.3 is 0 Å². The summed E-state index contributed by atoms with van der Waals surface area (Å²) in [6.45, 7) is 0. The van der Waals surface area contributed by atoms with Crippen molar-refractivity contribution in [3.63, 3.8) is 0 Å². The molecule has 2 aromatic rings. The van der Waals surface area contributed by atoms with E-state index in [0.717, 1.165) is 9.86 Å². The van der Waals surface area contributed by atoms with E-state index in [1.165, 1.54) is 0 Å². The predicted octanol–water partition coefficient (Wildman–Crippen LogP) is 3.47. The molecule has 0 saturated carbocycles. The fraction of sp³-hybridized carbons (Fsp3) is 0.0909. The summed E-state index contributed by atoms with van der Waals surface area (Å²) < 4.78 is 5.96. The maximum absolute atomic E-state index is 10.7. The van der Waals surface area contributed by atoms with Crippen LogP contribution in [-0.4, -0.2) is 18.4 Å². The van der Waals surface area contributed by atoms with Gasteiger partial charge in [0.05, 0.1) is 22.7 Å². The number of benzene rings is 1. The average Bonchev–Trinajstić information content (AvgIpc) is 2.28. The molecular formula is C11H7BrClNO2. The maximum Gasteiger partial charge on any atom is 0.153 e. The average molecular weight is 301 g/mol. The van der Waals surface area contributed by atoms with E-state index >= 15 is 0 Å². The van der Waals surface area contributed by atoms with Crippen molar-refractivity contribution in [1.82, 2.24) is 4.98 Å². The molecule has 0 atom stereocenters. The molecule has 0 bridgehead atoms. The highest BCUT2D eigenvalue weighted by Crippen LogP contribution is 2.30. The van der Waals surface area contributed by atoms with E-state index in [1.54, 1.807) is 19.2 Å². The first kappa shape index (κ1) is 11.4. The Hall–Kier alpha value is -1.13. The number of rotatable bonds is 2. The molecule has 0 aliphatic rings. The summed E-state index contributed by atoms with van der Waals surface area (Å²) in [5.74, 6) is 0.676. The highest BCUT2D eigenvalue weighted by Gasteiger charge is 2.08. The van der Waals surface area contributed by atoms with Crippen LogP contribution in [0, 0.1) is 0 Å². The van der Waals surface area contributed by atoms with E-state index in [4.69, 9.17) is 16.3 Å². The molecule has 0 aliphatic carbocycles. The van der Waals surface area contributed by atoms with Crippen LogP contribution in [0.2, 0.25) is 5.15 Å². The van der Waals surface area contributed by atoms with E-state index in [2.05, 4.69) is 20.9 Å².